The Bertz CT molecular complexity index is 380. The van der Waals surface area contributed by atoms with Gasteiger partial charge < -0.3 is 0 Å². The Morgan fingerprint density at radius 3 is 1.56 bits per heavy atom. The largest absolute Gasteiger partial charge is 0.289 e. The van der Waals surface area contributed by atoms with Crippen molar-refractivity contribution in [2.45, 2.75) is 54.1 Å². The third-order valence-corrected chi connectivity index (χ3v) is 3.16. The van der Waals surface area contributed by atoms with E-state index in [2.05, 4.69) is 4.89 Å². The molecule has 3 heteroatoms. The molecule has 0 bridgehead atoms. The van der Waals surface area contributed by atoms with Crippen LogP contribution in [0.3, 0.4) is 0 Å². The maximum Gasteiger partial charge on any atom is 0.185 e. The molecule has 0 unspecified atom stereocenters. The van der Waals surface area contributed by atoms with Gasteiger partial charge in [0.25, 0.3) is 0 Å². The van der Waals surface area contributed by atoms with Gasteiger partial charge in [-0.3, -0.25) is 10.1 Å². The smallest absolute Gasteiger partial charge is 0.185 e. The molecule has 0 atom stereocenters. The molecule has 0 fully saturated rings. The lowest BCUT2D eigenvalue weighted by atomic mass is 9.70. The summed E-state index contributed by atoms with van der Waals surface area (Å²) in [5.74, 6) is 0.0459. The first-order valence-electron chi connectivity index (χ1n) is 6.25. The predicted molar refractivity (Wildman–Crippen MR) is 72.2 cm³/mol. The molecule has 0 aromatic rings. The highest BCUT2D eigenvalue weighted by atomic mass is 17.1. The maximum atomic E-state index is 12.5. The monoisotopic (exact) mass is 252 g/mol. The second kappa shape index (κ2) is 4.32. The average molecular weight is 252 g/mol. The number of carbonyl (C=O) groups is 1. The number of hydrogen-bond donors (Lipinski definition) is 1. The number of rotatable bonds is 1. The molecule has 1 aliphatic rings. The Morgan fingerprint density at radius 1 is 1.00 bits per heavy atom. The van der Waals surface area contributed by atoms with Gasteiger partial charge in [-0.1, -0.05) is 41.5 Å². The molecule has 3 nitrogen and oxygen atoms in total. The van der Waals surface area contributed by atoms with Gasteiger partial charge in [0.15, 0.2) is 5.78 Å². The first-order chi connectivity index (χ1) is 7.91. The standard InChI is InChI=1S/C15H24O3/c1-13(2,3)10-8-15(7,18-17)9-11(12(10)16)14(4,5)6/h8-9,17H,1-7H3. The summed E-state index contributed by atoms with van der Waals surface area (Å²) < 4.78 is 0. The molecular formula is C15H24O3. The molecule has 1 rings (SSSR count). The van der Waals surface area contributed by atoms with Gasteiger partial charge in [0.2, 0.25) is 0 Å². The molecule has 1 aliphatic carbocycles. The fourth-order valence-corrected chi connectivity index (χ4v) is 2.06. The second-order valence-corrected chi connectivity index (χ2v) is 7.22. The minimum absolute atomic E-state index is 0.0459. The van der Waals surface area contributed by atoms with Crippen molar-refractivity contribution in [3.63, 3.8) is 0 Å². The highest BCUT2D eigenvalue weighted by Crippen LogP contribution is 2.40. The van der Waals surface area contributed by atoms with Crippen LogP contribution in [0.15, 0.2) is 23.3 Å². The summed E-state index contributed by atoms with van der Waals surface area (Å²) in [4.78, 5) is 17.1. The molecule has 0 aromatic carbocycles. The van der Waals surface area contributed by atoms with E-state index in [4.69, 9.17) is 5.26 Å². The van der Waals surface area contributed by atoms with Crippen LogP contribution in [-0.2, 0) is 9.68 Å². The SMILES string of the molecule is CC1(OO)C=C(C(C)(C)C)C(=O)C(C(C)(C)C)=C1. The Hall–Kier alpha value is -0.930. The van der Waals surface area contributed by atoms with Crippen LogP contribution in [-0.4, -0.2) is 16.6 Å². The summed E-state index contributed by atoms with van der Waals surface area (Å²) >= 11 is 0. The topological polar surface area (TPSA) is 46.5 Å². The average Bonchev–Trinajstić information content (AvgIpc) is 2.18. The van der Waals surface area contributed by atoms with Crippen LogP contribution >= 0.6 is 0 Å². The second-order valence-electron chi connectivity index (χ2n) is 7.22. The third-order valence-electron chi connectivity index (χ3n) is 3.16. The van der Waals surface area contributed by atoms with Crippen LogP contribution in [0.5, 0.6) is 0 Å². The summed E-state index contributed by atoms with van der Waals surface area (Å²) in [5.41, 5.74) is -0.111. The minimum Gasteiger partial charge on any atom is -0.289 e. The minimum atomic E-state index is -0.931. The van der Waals surface area contributed by atoms with Crippen LogP contribution in [0, 0.1) is 10.8 Å². The number of Topliss-reactive ketones (excluding diaryl/α,β-unsaturated/α-hetero) is 1. The summed E-state index contributed by atoms with van der Waals surface area (Å²) in [5, 5.41) is 9.10. The van der Waals surface area contributed by atoms with E-state index in [9.17, 15) is 4.79 Å². The molecule has 0 saturated heterocycles. The summed E-state index contributed by atoms with van der Waals surface area (Å²) in [6.07, 6.45) is 3.43. The molecule has 0 heterocycles. The lowest BCUT2D eigenvalue weighted by molar-refractivity contribution is -0.288. The summed E-state index contributed by atoms with van der Waals surface area (Å²) in [7, 11) is 0. The molecule has 0 aromatic heterocycles. The summed E-state index contributed by atoms with van der Waals surface area (Å²) in [6.45, 7) is 13.7. The molecule has 0 amide bonds. The number of allylic oxidation sites excluding steroid dienone is 2. The van der Waals surface area contributed by atoms with E-state index < -0.39 is 5.60 Å². The zero-order chi connectivity index (χ0) is 14.4. The van der Waals surface area contributed by atoms with Gasteiger partial charge >= 0.3 is 0 Å². The number of ketones is 1. The Balaban J connectivity index is 3.40. The van der Waals surface area contributed by atoms with Crippen molar-refractivity contribution in [3.8, 4) is 0 Å². The molecule has 0 spiro atoms. The van der Waals surface area contributed by atoms with Gasteiger partial charge in [0, 0.05) is 11.1 Å². The van der Waals surface area contributed by atoms with Crippen molar-refractivity contribution < 1.29 is 14.9 Å². The Morgan fingerprint density at radius 2 is 1.33 bits per heavy atom. The summed E-state index contributed by atoms with van der Waals surface area (Å²) in [6, 6.07) is 0. The van der Waals surface area contributed by atoms with Crippen LogP contribution in [0.4, 0.5) is 0 Å². The highest BCUT2D eigenvalue weighted by molar-refractivity contribution is 6.11. The molecule has 1 N–H and O–H groups in total. The molecule has 18 heavy (non-hydrogen) atoms. The van der Waals surface area contributed by atoms with Gasteiger partial charge in [-0.2, -0.15) is 0 Å². The fraction of sp³-hybridized carbons (Fsp3) is 0.667. The molecule has 0 aliphatic heterocycles. The first kappa shape index (κ1) is 15.1. The lowest BCUT2D eigenvalue weighted by Crippen LogP contribution is -2.36. The van der Waals surface area contributed by atoms with E-state index in [0.717, 1.165) is 0 Å². The Labute approximate surface area is 109 Å². The quantitative estimate of drug-likeness (QED) is 0.571. The van der Waals surface area contributed by atoms with Gasteiger partial charge in [-0.15, -0.1) is 0 Å². The van der Waals surface area contributed by atoms with E-state index in [1.165, 1.54) is 0 Å². The van der Waals surface area contributed by atoms with E-state index in [1.807, 2.05) is 41.5 Å². The van der Waals surface area contributed by atoms with Gasteiger partial charge in [0.1, 0.15) is 5.60 Å². The van der Waals surface area contributed by atoms with Gasteiger partial charge in [-0.25, -0.2) is 4.89 Å². The van der Waals surface area contributed by atoms with Crippen molar-refractivity contribution in [1.29, 1.82) is 0 Å². The lowest BCUT2D eigenvalue weighted by Gasteiger charge is -2.35. The maximum absolute atomic E-state index is 12.5. The zero-order valence-corrected chi connectivity index (χ0v) is 12.4. The van der Waals surface area contributed by atoms with E-state index >= 15 is 0 Å². The first-order valence-corrected chi connectivity index (χ1v) is 6.25. The highest BCUT2D eigenvalue weighted by Gasteiger charge is 2.39. The van der Waals surface area contributed by atoms with Gasteiger partial charge in [-0.05, 0) is 29.9 Å². The molecule has 102 valence electrons. The molecule has 0 radical (unpaired) electrons. The van der Waals surface area contributed by atoms with Crippen LogP contribution in [0.1, 0.15) is 48.5 Å². The van der Waals surface area contributed by atoms with Crippen molar-refractivity contribution >= 4 is 5.78 Å². The van der Waals surface area contributed by atoms with Crippen LogP contribution < -0.4 is 0 Å². The van der Waals surface area contributed by atoms with Crippen molar-refractivity contribution in [3.05, 3.63) is 23.3 Å². The number of hydrogen-bond acceptors (Lipinski definition) is 3. The Kier molecular flexibility index (Phi) is 3.63. The van der Waals surface area contributed by atoms with Crippen molar-refractivity contribution in [2.24, 2.45) is 10.8 Å². The van der Waals surface area contributed by atoms with E-state index in [1.54, 1.807) is 19.1 Å². The van der Waals surface area contributed by atoms with Gasteiger partial charge in [0.05, 0.1) is 0 Å². The third kappa shape index (κ3) is 2.90. The predicted octanol–water partition coefficient (Wildman–Crippen LogP) is 3.76. The van der Waals surface area contributed by atoms with Crippen molar-refractivity contribution in [2.75, 3.05) is 0 Å². The molecule has 0 saturated carbocycles. The van der Waals surface area contributed by atoms with Crippen molar-refractivity contribution in [1.82, 2.24) is 0 Å². The van der Waals surface area contributed by atoms with Crippen LogP contribution in [0.25, 0.3) is 0 Å². The van der Waals surface area contributed by atoms with E-state index in [0.29, 0.717) is 11.1 Å². The van der Waals surface area contributed by atoms with Crippen LogP contribution in [0.2, 0.25) is 0 Å². The number of carbonyl (C=O) groups excluding carboxylic acids is 1. The zero-order valence-electron chi connectivity index (χ0n) is 12.4. The molecular weight excluding hydrogens is 228 g/mol. The van der Waals surface area contributed by atoms with E-state index in [-0.39, 0.29) is 16.6 Å². The fourth-order valence-electron chi connectivity index (χ4n) is 2.06. The normalized spacial score (nSPS) is 20.6.